The van der Waals surface area contributed by atoms with Crippen LogP contribution in [0.15, 0.2) is 65.2 Å². The number of aliphatic hydroxyl groups is 1. The Balaban J connectivity index is 1.41. The third-order valence-electron chi connectivity index (χ3n) is 4.88. The molecule has 2 N–H and O–H groups in total. The lowest BCUT2D eigenvalue weighted by Gasteiger charge is -2.33. The number of carbonyl (C=O) groups is 1. The Kier molecular flexibility index (Phi) is 4.31. The van der Waals surface area contributed by atoms with Gasteiger partial charge in [-0.05, 0) is 24.0 Å². The van der Waals surface area contributed by atoms with E-state index in [1.807, 2.05) is 48.5 Å². The number of fused-ring (bicyclic) bond motifs is 1. The monoisotopic (exact) mass is 348 g/mol. The largest absolute Gasteiger partial charge is 0.388 e. The van der Waals surface area contributed by atoms with Crippen LogP contribution in [0.1, 0.15) is 28.0 Å². The van der Waals surface area contributed by atoms with E-state index in [4.69, 9.17) is 4.52 Å². The van der Waals surface area contributed by atoms with Crippen LogP contribution in [-0.4, -0.2) is 28.3 Å². The van der Waals surface area contributed by atoms with E-state index in [0.717, 1.165) is 17.5 Å². The Bertz CT molecular complexity index is 920. The minimum absolute atomic E-state index is 0.188. The molecule has 5 nitrogen and oxygen atoms in total. The smallest absolute Gasteiger partial charge is 0.273 e. The zero-order valence-corrected chi connectivity index (χ0v) is 14.3. The van der Waals surface area contributed by atoms with E-state index in [2.05, 4.69) is 16.5 Å². The van der Waals surface area contributed by atoms with Crippen molar-refractivity contribution in [2.75, 3.05) is 6.54 Å². The molecule has 0 saturated heterocycles. The number of nitrogens with one attached hydrogen (secondary N) is 1. The lowest BCUT2D eigenvalue weighted by atomic mass is 9.80. The number of aromatic nitrogens is 1. The first kappa shape index (κ1) is 16.5. The van der Waals surface area contributed by atoms with Crippen molar-refractivity contribution in [1.82, 2.24) is 10.5 Å². The molecule has 4 rings (SSSR count). The average molecular weight is 348 g/mol. The Labute approximate surface area is 151 Å². The molecule has 1 atom stereocenters. The first-order valence-corrected chi connectivity index (χ1v) is 8.72. The van der Waals surface area contributed by atoms with Gasteiger partial charge in [-0.15, -0.1) is 0 Å². The van der Waals surface area contributed by atoms with Crippen LogP contribution in [0.25, 0.3) is 11.3 Å². The zero-order valence-electron chi connectivity index (χ0n) is 14.3. The van der Waals surface area contributed by atoms with Crippen LogP contribution in [0.5, 0.6) is 0 Å². The zero-order chi connectivity index (χ0) is 18.0. The van der Waals surface area contributed by atoms with Crippen LogP contribution in [0, 0.1) is 0 Å². The highest BCUT2D eigenvalue weighted by molar-refractivity contribution is 5.93. The van der Waals surface area contributed by atoms with E-state index in [1.165, 1.54) is 5.56 Å². The maximum Gasteiger partial charge on any atom is 0.273 e. The van der Waals surface area contributed by atoms with Gasteiger partial charge in [-0.25, -0.2) is 0 Å². The highest BCUT2D eigenvalue weighted by atomic mass is 16.5. The molecule has 1 aliphatic carbocycles. The molecule has 26 heavy (non-hydrogen) atoms. The number of carbonyl (C=O) groups excluding carboxylic acids is 1. The third-order valence-corrected chi connectivity index (χ3v) is 4.88. The molecule has 0 fully saturated rings. The molecular weight excluding hydrogens is 328 g/mol. The molecule has 0 radical (unpaired) electrons. The summed E-state index contributed by atoms with van der Waals surface area (Å²) in [7, 11) is 0. The van der Waals surface area contributed by atoms with Crippen LogP contribution >= 0.6 is 0 Å². The van der Waals surface area contributed by atoms with Gasteiger partial charge in [-0.1, -0.05) is 59.8 Å². The summed E-state index contributed by atoms with van der Waals surface area (Å²) in [5, 5.41) is 17.5. The molecule has 0 aliphatic heterocycles. The van der Waals surface area contributed by atoms with E-state index < -0.39 is 5.60 Å². The number of amides is 1. The molecule has 1 heterocycles. The van der Waals surface area contributed by atoms with Gasteiger partial charge in [0, 0.05) is 24.6 Å². The highest BCUT2D eigenvalue weighted by Crippen LogP contribution is 2.28. The summed E-state index contributed by atoms with van der Waals surface area (Å²) < 4.78 is 5.26. The molecule has 0 unspecified atom stereocenters. The molecule has 3 aromatic rings. The molecule has 5 heteroatoms. The van der Waals surface area contributed by atoms with E-state index in [9.17, 15) is 9.90 Å². The summed E-state index contributed by atoms with van der Waals surface area (Å²) in [6.07, 6.45) is 1.97. The fourth-order valence-electron chi connectivity index (χ4n) is 3.39. The number of aryl methyl sites for hydroxylation is 1. The summed E-state index contributed by atoms with van der Waals surface area (Å²) in [6, 6.07) is 19.2. The molecular formula is C21H20N2O3. The van der Waals surface area contributed by atoms with E-state index in [1.54, 1.807) is 6.07 Å². The lowest BCUT2D eigenvalue weighted by molar-refractivity contribution is 0.0259. The SMILES string of the molecule is O=C(NC[C@@]1(O)CCc2ccccc2C1)c1cc(-c2ccccc2)on1. The molecule has 0 spiro atoms. The first-order chi connectivity index (χ1) is 12.6. The van der Waals surface area contributed by atoms with E-state index in [0.29, 0.717) is 18.6 Å². The number of hydrogen-bond donors (Lipinski definition) is 2. The molecule has 0 bridgehead atoms. The van der Waals surface area contributed by atoms with Gasteiger partial charge < -0.3 is 14.9 Å². The number of benzene rings is 2. The van der Waals surface area contributed by atoms with Gasteiger partial charge in [0.15, 0.2) is 11.5 Å². The van der Waals surface area contributed by atoms with Gasteiger partial charge in [0.1, 0.15) is 0 Å². The summed E-state index contributed by atoms with van der Waals surface area (Å²) >= 11 is 0. The second-order valence-electron chi connectivity index (χ2n) is 6.79. The van der Waals surface area contributed by atoms with Crippen LogP contribution in [0.2, 0.25) is 0 Å². The number of rotatable bonds is 4. The lowest BCUT2D eigenvalue weighted by Crippen LogP contribution is -2.46. The van der Waals surface area contributed by atoms with Crippen LogP contribution in [0.4, 0.5) is 0 Å². The van der Waals surface area contributed by atoms with Gasteiger partial charge in [0.05, 0.1) is 5.60 Å². The van der Waals surface area contributed by atoms with Crippen LogP contribution in [0.3, 0.4) is 0 Å². The third kappa shape index (κ3) is 3.39. The highest BCUT2D eigenvalue weighted by Gasteiger charge is 2.32. The Hall–Kier alpha value is -2.92. The molecule has 1 aromatic heterocycles. The standard InChI is InChI=1S/C21H20N2O3/c24-20(18-12-19(26-23-18)16-7-2-1-3-8-16)22-14-21(25)11-10-15-6-4-5-9-17(15)13-21/h1-9,12,25H,10-11,13-14H2,(H,22,24)/t21-/m1/s1. The van der Waals surface area contributed by atoms with E-state index in [-0.39, 0.29) is 18.1 Å². The van der Waals surface area contributed by atoms with Gasteiger partial charge >= 0.3 is 0 Å². The van der Waals surface area contributed by atoms with Gasteiger partial charge in [-0.3, -0.25) is 4.79 Å². The molecule has 1 aliphatic rings. The normalized spacial score (nSPS) is 19.0. The summed E-state index contributed by atoms with van der Waals surface area (Å²) in [4.78, 5) is 12.4. The van der Waals surface area contributed by atoms with Crippen LogP contribution in [-0.2, 0) is 12.8 Å². The fraction of sp³-hybridized carbons (Fsp3) is 0.238. The van der Waals surface area contributed by atoms with Crippen molar-refractivity contribution >= 4 is 5.91 Å². The maximum absolute atomic E-state index is 12.4. The average Bonchev–Trinajstić information content (AvgIpc) is 3.17. The van der Waals surface area contributed by atoms with Crippen molar-refractivity contribution in [3.05, 3.63) is 77.5 Å². The first-order valence-electron chi connectivity index (χ1n) is 8.72. The Morgan fingerprint density at radius 2 is 1.85 bits per heavy atom. The van der Waals surface area contributed by atoms with Crippen molar-refractivity contribution in [2.45, 2.75) is 24.9 Å². The van der Waals surface area contributed by atoms with Crippen molar-refractivity contribution in [2.24, 2.45) is 0 Å². The van der Waals surface area contributed by atoms with Crippen molar-refractivity contribution in [3.63, 3.8) is 0 Å². The summed E-state index contributed by atoms with van der Waals surface area (Å²) in [5.74, 6) is 0.198. The second kappa shape index (κ2) is 6.77. The predicted molar refractivity (Wildman–Crippen MR) is 97.7 cm³/mol. The van der Waals surface area contributed by atoms with Crippen molar-refractivity contribution in [3.8, 4) is 11.3 Å². The minimum Gasteiger partial charge on any atom is -0.388 e. The Morgan fingerprint density at radius 1 is 1.12 bits per heavy atom. The molecule has 132 valence electrons. The van der Waals surface area contributed by atoms with Gasteiger partial charge in [-0.2, -0.15) is 0 Å². The fourth-order valence-corrected chi connectivity index (χ4v) is 3.39. The molecule has 1 amide bonds. The molecule has 0 saturated carbocycles. The predicted octanol–water partition coefficient (Wildman–Crippen LogP) is 2.99. The number of hydrogen-bond acceptors (Lipinski definition) is 4. The topological polar surface area (TPSA) is 75.4 Å². The van der Waals surface area contributed by atoms with E-state index >= 15 is 0 Å². The van der Waals surface area contributed by atoms with Gasteiger partial charge in [0.2, 0.25) is 0 Å². The van der Waals surface area contributed by atoms with Crippen molar-refractivity contribution in [1.29, 1.82) is 0 Å². The summed E-state index contributed by atoms with van der Waals surface area (Å²) in [5.41, 5.74) is 2.55. The minimum atomic E-state index is -0.935. The summed E-state index contributed by atoms with van der Waals surface area (Å²) in [6.45, 7) is 0.188. The van der Waals surface area contributed by atoms with Crippen molar-refractivity contribution < 1.29 is 14.4 Å². The quantitative estimate of drug-likeness (QED) is 0.760. The molecule has 2 aromatic carbocycles. The van der Waals surface area contributed by atoms with Crippen LogP contribution < -0.4 is 5.32 Å². The number of nitrogens with zero attached hydrogens (tertiary/aromatic N) is 1. The maximum atomic E-state index is 12.4. The van der Waals surface area contributed by atoms with Gasteiger partial charge in [0.25, 0.3) is 5.91 Å². The second-order valence-corrected chi connectivity index (χ2v) is 6.79. The Morgan fingerprint density at radius 3 is 2.65 bits per heavy atom.